The van der Waals surface area contributed by atoms with E-state index in [-0.39, 0.29) is 11.2 Å². The molecule has 1 fully saturated rings. The van der Waals surface area contributed by atoms with Crippen molar-refractivity contribution in [2.75, 3.05) is 6.54 Å². The van der Waals surface area contributed by atoms with Crippen molar-refractivity contribution in [1.82, 2.24) is 20.2 Å². The number of imidazole rings is 1. The molecule has 23 heavy (non-hydrogen) atoms. The summed E-state index contributed by atoms with van der Waals surface area (Å²) < 4.78 is 2.28. The van der Waals surface area contributed by atoms with Crippen molar-refractivity contribution in [3.63, 3.8) is 0 Å². The van der Waals surface area contributed by atoms with Crippen LogP contribution in [0.4, 0.5) is 4.79 Å². The van der Waals surface area contributed by atoms with Crippen molar-refractivity contribution < 1.29 is 9.59 Å². The van der Waals surface area contributed by atoms with Crippen molar-refractivity contribution in [2.24, 2.45) is 0 Å². The summed E-state index contributed by atoms with van der Waals surface area (Å²) in [7, 11) is 0. The maximum Gasteiger partial charge on any atom is 0.321 e. The van der Waals surface area contributed by atoms with Crippen LogP contribution in [0.25, 0.3) is 0 Å². The van der Waals surface area contributed by atoms with Gasteiger partial charge in [-0.25, -0.2) is 9.78 Å². The summed E-state index contributed by atoms with van der Waals surface area (Å²) >= 11 is 1.42. The molecule has 1 aliphatic carbocycles. The fourth-order valence-electron chi connectivity index (χ4n) is 2.90. The van der Waals surface area contributed by atoms with Gasteiger partial charge in [-0.2, -0.15) is 0 Å². The van der Waals surface area contributed by atoms with Gasteiger partial charge < -0.3 is 9.88 Å². The third-order valence-corrected chi connectivity index (χ3v) is 5.34. The minimum Gasteiger partial charge on any atom is -0.338 e. The molecule has 1 aliphatic rings. The summed E-state index contributed by atoms with van der Waals surface area (Å²) in [5.41, 5.74) is 2.19. The Labute approximate surface area is 141 Å². The third kappa shape index (κ3) is 4.28. The molecule has 0 spiro atoms. The van der Waals surface area contributed by atoms with E-state index < -0.39 is 6.03 Å². The van der Waals surface area contributed by atoms with Crippen LogP contribution in [0.1, 0.15) is 57.0 Å². The van der Waals surface area contributed by atoms with E-state index >= 15 is 0 Å². The highest BCUT2D eigenvalue weighted by Crippen LogP contribution is 2.36. The van der Waals surface area contributed by atoms with Crippen LogP contribution in [0.15, 0.2) is 5.16 Å². The molecule has 1 unspecified atom stereocenters. The highest BCUT2D eigenvalue weighted by atomic mass is 32.2. The highest BCUT2D eigenvalue weighted by Gasteiger charge is 2.26. The standard InChI is InChI=1S/C16H26N4O2S/c1-5-17-15(22)19-14(21)12(4)23-16-18-10(2)11(3)20(16)13-8-6-7-9-13/h12-13H,5-9H2,1-4H3,(H2,17,19,21,22). The summed E-state index contributed by atoms with van der Waals surface area (Å²) in [5, 5.41) is 5.43. The monoisotopic (exact) mass is 338 g/mol. The Kier molecular flexibility index (Phi) is 6.10. The maximum absolute atomic E-state index is 12.1. The van der Waals surface area contributed by atoms with Gasteiger partial charge >= 0.3 is 6.03 Å². The second-order valence-corrected chi connectivity index (χ2v) is 7.29. The molecule has 1 saturated carbocycles. The van der Waals surface area contributed by atoms with Crippen LogP contribution in [-0.4, -0.2) is 33.3 Å². The van der Waals surface area contributed by atoms with E-state index in [4.69, 9.17) is 0 Å². The molecule has 128 valence electrons. The van der Waals surface area contributed by atoms with Crippen molar-refractivity contribution in [3.8, 4) is 0 Å². The van der Waals surface area contributed by atoms with Gasteiger partial charge in [-0.15, -0.1) is 0 Å². The molecule has 2 rings (SSSR count). The molecular formula is C16H26N4O2S. The van der Waals surface area contributed by atoms with Crippen LogP contribution in [0.5, 0.6) is 0 Å². The zero-order valence-electron chi connectivity index (χ0n) is 14.3. The molecule has 1 heterocycles. The number of aryl methyl sites for hydroxylation is 1. The van der Waals surface area contributed by atoms with Gasteiger partial charge in [0.1, 0.15) is 0 Å². The zero-order chi connectivity index (χ0) is 17.0. The number of amides is 3. The van der Waals surface area contributed by atoms with Gasteiger partial charge in [0.2, 0.25) is 5.91 Å². The molecular weight excluding hydrogens is 312 g/mol. The summed E-state index contributed by atoms with van der Waals surface area (Å²) in [6.45, 7) is 8.20. The number of aromatic nitrogens is 2. The van der Waals surface area contributed by atoms with E-state index in [2.05, 4.69) is 27.1 Å². The lowest BCUT2D eigenvalue weighted by Gasteiger charge is -2.18. The van der Waals surface area contributed by atoms with E-state index in [9.17, 15) is 9.59 Å². The predicted molar refractivity (Wildman–Crippen MR) is 91.7 cm³/mol. The second kappa shape index (κ2) is 7.86. The lowest BCUT2D eigenvalue weighted by atomic mass is 10.2. The van der Waals surface area contributed by atoms with Gasteiger partial charge in [0.05, 0.1) is 10.9 Å². The van der Waals surface area contributed by atoms with Crippen LogP contribution in [0.2, 0.25) is 0 Å². The van der Waals surface area contributed by atoms with E-state index in [1.165, 1.54) is 43.1 Å². The molecule has 2 N–H and O–H groups in total. The Morgan fingerprint density at radius 1 is 1.35 bits per heavy atom. The first-order chi connectivity index (χ1) is 10.9. The number of rotatable bonds is 5. The van der Waals surface area contributed by atoms with Crippen molar-refractivity contribution in [2.45, 2.75) is 69.8 Å². The molecule has 1 aromatic heterocycles. The first-order valence-corrected chi connectivity index (χ1v) is 9.12. The quantitative estimate of drug-likeness (QED) is 0.809. The molecule has 0 bridgehead atoms. The fourth-order valence-corrected chi connectivity index (χ4v) is 3.97. The molecule has 6 nitrogen and oxygen atoms in total. The zero-order valence-corrected chi connectivity index (χ0v) is 15.1. The van der Waals surface area contributed by atoms with Crippen LogP contribution in [0.3, 0.4) is 0 Å². The molecule has 3 amide bonds. The maximum atomic E-state index is 12.1. The molecule has 0 saturated heterocycles. The lowest BCUT2D eigenvalue weighted by molar-refractivity contribution is -0.119. The molecule has 0 aromatic carbocycles. The topological polar surface area (TPSA) is 76.0 Å². The van der Waals surface area contributed by atoms with Crippen molar-refractivity contribution >= 4 is 23.7 Å². The molecule has 1 aromatic rings. The minimum atomic E-state index is -0.448. The number of urea groups is 1. The van der Waals surface area contributed by atoms with E-state index in [0.717, 1.165) is 10.9 Å². The number of imide groups is 1. The van der Waals surface area contributed by atoms with Crippen LogP contribution >= 0.6 is 11.8 Å². The Morgan fingerprint density at radius 2 is 2.00 bits per heavy atom. The number of carbonyl (C=O) groups excluding carboxylic acids is 2. The van der Waals surface area contributed by atoms with Gasteiger partial charge in [-0.3, -0.25) is 10.1 Å². The van der Waals surface area contributed by atoms with Gasteiger partial charge in [-0.05, 0) is 40.5 Å². The van der Waals surface area contributed by atoms with Gasteiger partial charge in [0.15, 0.2) is 5.16 Å². The average Bonchev–Trinajstić information content (AvgIpc) is 3.08. The highest BCUT2D eigenvalue weighted by molar-refractivity contribution is 8.00. The van der Waals surface area contributed by atoms with Crippen molar-refractivity contribution in [3.05, 3.63) is 11.4 Å². The molecule has 0 radical (unpaired) electrons. The summed E-state index contributed by atoms with van der Waals surface area (Å²) in [6, 6.07) is 0.0359. The van der Waals surface area contributed by atoms with E-state index in [1.807, 2.05) is 13.8 Å². The lowest BCUT2D eigenvalue weighted by Crippen LogP contribution is -2.42. The Morgan fingerprint density at radius 3 is 2.61 bits per heavy atom. The number of thioether (sulfide) groups is 1. The molecule has 7 heteroatoms. The number of hydrogen-bond acceptors (Lipinski definition) is 4. The Hall–Kier alpha value is -1.50. The Balaban J connectivity index is 2.08. The smallest absolute Gasteiger partial charge is 0.321 e. The van der Waals surface area contributed by atoms with Crippen LogP contribution in [-0.2, 0) is 4.79 Å². The Bertz CT molecular complexity index is 579. The van der Waals surface area contributed by atoms with Gasteiger partial charge in [0.25, 0.3) is 0 Å². The van der Waals surface area contributed by atoms with E-state index in [1.54, 1.807) is 6.92 Å². The first-order valence-electron chi connectivity index (χ1n) is 8.24. The van der Waals surface area contributed by atoms with E-state index in [0.29, 0.717) is 12.6 Å². The van der Waals surface area contributed by atoms with Crippen LogP contribution < -0.4 is 10.6 Å². The van der Waals surface area contributed by atoms with Crippen LogP contribution in [0, 0.1) is 13.8 Å². The number of carbonyl (C=O) groups is 2. The minimum absolute atomic E-state index is 0.294. The van der Waals surface area contributed by atoms with Crippen molar-refractivity contribution in [1.29, 1.82) is 0 Å². The third-order valence-electron chi connectivity index (χ3n) is 4.27. The first kappa shape index (κ1) is 17.8. The van der Waals surface area contributed by atoms with Gasteiger partial charge in [-0.1, -0.05) is 24.6 Å². The fraction of sp³-hybridized carbons (Fsp3) is 0.688. The number of hydrogen-bond donors (Lipinski definition) is 2. The summed E-state index contributed by atoms with van der Waals surface area (Å²) in [4.78, 5) is 28.2. The molecule has 0 aliphatic heterocycles. The largest absolute Gasteiger partial charge is 0.338 e. The normalized spacial score (nSPS) is 16.3. The van der Waals surface area contributed by atoms with Gasteiger partial charge in [0, 0.05) is 18.3 Å². The SMILES string of the molecule is CCNC(=O)NC(=O)C(C)Sc1nc(C)c(C)n1C1CCCC1. The average molecular weight is 338 g/mol. The predicted octanol–water partition coefficient (Wildman–Crippen LogP) is 2.94. The summed E-state index contributed by atoms with van der Waals surface area (Å²) in [6.07, 6.45) is 4.84. The second-order valence-electron chi connectivity index (χ2n) is 5.98. The number of nitrogens with zero attached hydrogens (tertiary/aromatic N) is 2. The summed E-state index contributed by atoms with van der Waals surface area (Å²) in [5.74, 6) is -0.294. The number of nitrogens with one attached hydrogen (secondary N) is 2. The molecule has 1 atom stereocenters.